The van der Waals surface area contributed by atoms with E-state index in [0.29, 0.717) is 11.5 Å². The monoisotopic (exact) mass is 308 g/mol. The molecule has 18 heavy (non-hydrogen) atoms. The van der Waals surface area contributed by atoms with E-state index in [0.717, 1.165) is 22.9 Å². The van der Waals surface area contributed by atoms with Crippen LogP contribution >= 0.6 is 15.9 Å². The van der Waals surface area contributed by atoms with E-state index in [2.05, 4.69) is 15.9 Å². The summed E-state index contributed by atoms with van der Waals surface area (Å²) in [7, 11) is 0. The Labute approximate surface area is 116 Å². The van der Waals surface area contributed by atoms with Gasteiger partial charge in [-0.15, -0.1) is 0 Å². The number of carboxylic acid groups (broad SMARTS) is 1. The first kappa shape index (κ1) is 13.3. The van der Waals surface area contributed by atoms with Crippen molar-refractivity contribution in [2.75, 3.05) is 0 Å². The fourth-order valence-corrected chi connectivity index (χ4v) is 2.72. The number of aliphatic carboxylic acids is 1. The van der Waals surface area contributed by atoms with Gasteiger partial charge in [0.25, 0.3) is 0 Å². The van der Waals surface area contributed by atoms with Gasteiger partial charge in [0, 0.05) is 4.47 Å². The number of halogens is 1. The first-order valence-corrected chi connectivity index (χ1v) is 7.17. The van der Waals surface area contributed by atoms with Crippen LogP contribution in [0.4, 0.5) is 0 Å². The molecule has 0 spiro atoms. The minimum Gasteiger partial charge on any atom is -0.478 e. The number of carboxylic acids is 1. The number of allylic oxidation sites excluding steroid dienone is 1. The maximum atomic E-state index is 11.4. The molecule has 1 saturated carbocycles. The summed E-state index contributed by atoms with van der Waals surface area (Å²) >= 11 is 3.36. The van der Waals surface area contributed by atoms with Gasteiger partial charge in [-0.3, -0.25) is 0 Å². The van der Waals surface area contributed by atoms with Crippen molar-refractivity contribution in [3.8, 4) is 0 Å². The highest BCUT2D eigenvalue weighted by atomic mass is 79.9. The fraction of sp³-hybridized carbons (Fsp3) is 0.400. The quantitative estimate of drug-likeness (QED) is 0.835. The third-order valence-corrected chi connectivity index (χ3v) is 3.97. The van der Waals surface area contributed by atoms with E-state index in [1.54, 1.807) is 0 Å². The van der Waals surface area contributed by atoms with Gasteiger partial charge in [0.15, 0.2) is 0 Å². The smallest absolute Gasteiger partial charge is 0.335 e. The molecule has 2 nitrogen and oxygen atoms in total. The minimum absolute atomic E-state index is 0.425. The van der Waals surface area contributed by atoms with Crippen molar-refractivity contribution in [2.24, 2.45) is 5.92 Å². The van der Waals surface area contributed by atoms with Crippen LogP contribution in [-0.2, 0) is 4.79 Å². The van der Waals surface area contributed by atoms with Crippen LogP contribution in [0.1, 0.15) is 37.7 Å². The van der Waals surface area contributed by atoms with Gasteiger partial charge in [-0.05, 0) is 36.5 Å². The topological polar surface area (TPSA) is 37.3 Å². The third kappa shape index (κ3) is 3.45. The lowest BCUT2D eigenvalue weighted by molar-refractivity contribution is -0.130. The highest BCUT2D eigenvalue weighted by molar-refractivity contribution is 9.10. The van der Waals surface area contributed by atoms with E-state index in [9.17, 15) is 9.90 Å². The minimum atomic E-state index is -0.831. The average molecular weight is 309 g/mol. The summed E-state index contributed by atoms with van der Waals surface area (Å²) in [4.78, 5) is 11.4. The zero-order chi connectivity index (χ0) is 13.0. The third-order valence-electron chi connectivity index (χ3n) is 3.44. The number of benzene rings is 1. The lowest BCUT2D eigenvalue weighted by atomic mass is 9.87. The van der Waals surface area contributed by atoms with Crippen LogP contribution in [0.3, 0.4) is 0 Å². The molecule has 1 aromatic rings. The molecule has 1 aliphatic carbocycles. The molecule has 0 bridgehead atoms. The molecule has 3 heteroatoms. The Hall–Kier alpha value is -1.09. The average Bonchev–Trinajstić information content (AvgIpc) is 2.38. The fourth-order valence-electron chi connectivity index (χ4n) is 2.46. The zero-order valence-corrected chi connectivity index (χ0v) is 11.8. The SMILES string of the molecule is O=C(O)/C(=C\C1CCCCC1)c1ccc(Br)cc1. The Morgan fingerprint density at radius 3 is 2.33 bits per heavy atom. The van der Waals surface area contributed by atoms with E-state index in [-0.39, 0.29) is 0 Å². The lowest BCUT2D eigenvalue weighted by Gasteiger charge is -2.19. The van der Waals surface area contributed by atoms with Crippen molar-refractivity contribution in [3.05, 3.63) is 40.4 Å². The predicted molar refractivity (Wildman–Crippen MR) is 76.3 cm³/mol. The van der Waals surface area contributed by atoms with Crippen molar-refractivity contribution in [2.45, 2.75) is 32.1 Å². The first-order valence-electron chi connectivity index (χ1n) is 6.38. The molecule has 1 aromatic carbocycles. The molecular formula is C15H17BrO2. The molecule has 1 fully saturated rings. The van der Waals surface area contributed by atoms with Crippen molar-refractivity contribution >= 4 is 27.5 Å². The Kier molecular flexibility index (Phi) is 4.59. The maximum absolute atomic E-state index is 11.4. The Morgan fingerprint density at radius 1 is 1.17 bits per heavy atom. The van der Waals surface area contributed by atoms with Crippen molar-refractivity contribution in [3.63, 3.8) is 0 Å². The van der Waals surface area contributed by atoms with Gasteiger partial charge in [0.05, 0.1) is 5.57 Å². The molecule has 1 aliphatic rings. The van der Waals surface area contributed by atoms with Crippen LogP contribution in [-0.4, -0.2) is 11.1 Å². The number of hydrogen-bond acceptors (Lipinski definition) is 1. The van der Waals surface area contributed by atoms with Crippen LogP contribution in [0.15, 0.2) is 34.8 Å². The van der Waals surface area contributed by atoms with Crippen molar-refractivity contribution in [1.29, 1.82) is 0 Å². The van der Waals surface area contributed by atoms with Crippen LogP contribution < -0.4 is 0 Å². The molecule has 0 saturated heterocycles. The molecule has 0 aromatic heterocycles. The van der Waals surface area contributed by atoms with E-state index >= 15 is 0 Å². The molecule has 0 aliphatic heterocycles. The summed E-state index contributed by atoms with van der Waals surface area (Å²) in [5, 5.41) is 9.35. The molecule has 2 rings (SSSR count). The van der Waals surface area contributed by atoms with Gasteiger partial charge in [0.2, 0.25) is 0 Å². The Morgan fingerprint density at radius 2 is 1.78 bits per heavy atom. The summed E-state index contributed by atoms with van der Waals surface area (Å²) in [5.74, 6) is -0.406. The van der Waals surface area contributed by atoms with Crippen LogP contribution in [0, 0.1) is 5.92 Å². The second kappa shape index (κ2) is 6.19. The van der Waals surface area contributed by atoms with E-state index in [1.165, 1.54) is 19.3 Å². The van der Waals surface area contributed by atoms with E-state index < -0.39 is 5.97 Å². The van der Waals surface area contributed by atoms with Crippen LogP contribution in [0.25, 0.3) is 5.57 Å². The molecule has 0 heterocycles. The van der Waals surface area contributed by atoms with Crippen LogP contribution in [0.5, 0.6) is 0 Å². The highest BCUT2D eigenvalue weighted by Crippen LogP contribution is 2.28. The summed E-state index contributed by atoms with van der Waals surface area (Å²) < 4.78 is 0.966. The van der Waals surface area contributed by atoms with Crippen LogP contribution in [0.2, 0.25) is 0 Å². The van der Waals surface area contributed by atoms with Gasteiger partial charge in [0.1, 0.15) is 0 Å². The molecule has 0 atom stereocenters. The molecule has 96 valence electrons. The summed E-state index contributed by atoms with van der Waals surface area (Å²) in [5.41, 5.74) is 1.23. The van der Waals surface area contributed by atoms with E-state index in [1.807, 2.05) is 30.3 Å². The molecule has 0 amide bonds. The lowest BCUT2D eigenvalue weighted by Crippen LogP contribution is -2.07. The number of rotatable bonds is 3. The maximum Gasteiger partial charge on any atom is 0.335 e. The number of carbonyl (C=O) groups is 1. The number of hydrogen-bond donors (Lipinski definition) is 1. The summed E-state index contributed by atoms with van der Waals surface area (Å²) in [6.07, 6.45) is 7.90. The molecule has 0 unspecified atom stereocenters. The first-order chi connectivity index (χ1) is 8.66. The molecular weight excluding hydrogens is 292 g/mol. The Bertz CT molecular complexity index is 442. The zero-order valence-electron chi connectivity index (χ0n) is 10.2. The summed E-state index contributed by atoms with van der Waals surface area (Å²) in [6.45, 7) is 0. The molecule has 0 radical (unpaired) electrons. The highest BCUT2D eigenvalue weighted by Gasteiger charge is 2.16. The molecule has 1 N–H and O–H groups in total. The standard InChI is InChI=1S/C15H17BrO2/c16-13-8-6-12(7-9-13)14(15(17)18)10-11-4-2-1-3-5-11/h6-11H,1-5H2,(H,17,18)/b14-10-. The van der Waals surface area contributed by atoms with Gasteiger partial charge < -0.3 is 5.11 Å². The largest absolute Gasteiger partial charge is 0.478 e. The van der Waals surface area contributed by atoms with Gasteiger partial charge in [-0.1, -0.05) is 53.4 Å². The van der Waals surface area contributed by atoms with Crippen molar-refractivity contribution < 1.29 is 9.90 Å². The predicted octanol–water partition coefficient (Wildman–Crippen LogP) is 4.50. The van der Waals surface area contributed by atoms with E-state index in [4.69, 9.17) is 0 Å². The van der Waals surface area contributed by atoms with Crippen molar-refractivity contribution in [1.82, 2.24) is 0 Å². The normalized spacial score (nSPS) is 17.7. The van der Waals surface area contributed by atoms with Gasteiger partial charge >= 0.3 is 5.97 Å². The second-order valence-electron chi connectivity index (χ2n) is 4.79. The van der Waals surface area contributed by atoms with Gasteiger partial charge in [-0.25, -0.2) is 4.79 Å². The Balaban J connectivity index is 2.24. The second-order valence-corrected chi connectivity index (χ2v) is 5.71. The van der Waals surface area contributed by atoms with Gasteiger partial charge in [-0.2, -0.15) is 0 Å². The summed E-state index contributed by atoms with van der Waals surface area (Å²) in [6, 6.07) is 7.47.